The molecule has 0 aliphatic carbocycles. The summed E-state index contributed by atoms with van der Waals surface area (Å²) >= 11 is 2.76. The van der Waals surface area contributed by atoms with Crippen molar-refractivity contribution in [1.82, 2.24) is 0 Å². The number of benzene rings is 2. The average Bonchev–Trinajstić information content (AvgIpc) is 3.15. The van der Waals surface area contributed by atoms with Gasteiger partial charge in [-0.25, -0.2) is 0 Å². The van der Waals surface area contributed by atoms with Crippen molar-refractivity contribution in [1.29, 1.82) is 5.26 Å². The van der Waals surface area contributed by atoms with Crippen LogP contribution in [-0.4, -0.2) is 17.1 Å². The van der Waals surface area contributed by atoms with Crippen LogP contribution in [0.3, 0.4) is 0 Å². The first-order valence-corrected chi connectivity index (χ1v) is 12.8. The van der Waals surface area contributed by atoms with Gasteiger partial charge in [0.25, 0.3) is 0 Å². The van der Waals surface area contributed by atoms with E-state index in [0.717, 1.165) is 21.6 Å². The van der Waals surface area contributed by atoms with E-state index in [1.54, 1.807) is 0 Å². The Morgan fingerprint density at radius 1 is 1.12 bits per heavy atom. The molecule has 1 unspecified atom stereocenters. The fraction of sp³-hybridized carbons (Fsp3) is 0.296. The molecule has 0 saturated heterocycles. The van der Waals surface area contributed by atoms with Gasteiger partial charge in [0.05, 0.1) is 10.8 Å². The van der Waals surface area contributed by atoms with E-state index < -0.39 is 5.25 Å². The summed E-state index contributed by atoms with van der Waals surface area (Å²) in [5.74, 6) is -0.215. The summed E-state index contributed by atoms with van der Waals surface area (Å²) in [6.45, 7) is 9.91. The van der Waals surface area contributed by atoms with Gasteiger partial charge in [-0.15, -0.1) is 23.1 Å². The Hall–Kier alpha value is -3.08. The highest BCUT2D eigenvalue weighted by Gasteiger charge is 2.20. The summed E-state index contributed by atoms with van der Waals surface area (Å²) in [6, 6.07) is 17.7. The third-order valence-corrected chi connectivity index (χ3v) is 6.98. The molecule has 5 nitrogen and oxygen atoms in total. The number of carbonyl (C=O) groups excluding carboxylic acids is 2. The molecule has 3 aromatic rings. The second kappa shape index (κ2) is 10.9. The molecule has 0 aliphatic heterocycles. The van der Waals surface area contributed by atoms with E-state index >= 15 is 0 Å². The van der Waals surface area contributed by atoms with Crippen molar-refractivity contribution in [3.05, 3.63) is 65.0 Å². The van der Waals surface area contributed by atoms with Crippen LogP contribution in [0, 0.1) is 23.7 Å². The van der Waals surface area contributed by atoms with Gasteiger partial charge in [0, 0.05) is 27.9 Å². The van der Waals surface area contributed by atoms with Crippen molar-refractivity contribution in [3.63, 3.8) is 0 Å². The summed E-state index contributed by atoms with van der Waals surface area (Å²) in [7, 11) is 0. The summed E-state index contributed by atoms with van der Waals surface area (Å²) < 4.78 is 0. The molecule has 2 N–H and O–H groups in total. The van der Waals surface area contributed by atoms with Gasteiger partial charge in [-0.3, -0.25) is 9.59 Å². The molecule has 7 heteroatoms. The van der Waals surface area contributed by atoms with Gasteiger partial charge in [0.15, 0.2) is 0 Å². The molecule has 0 bridgehead atoms. The van der Waals surface area contributed by atoms with E-state index in [1.807, 2.05) is 88.5 Å². The summed E-state index contributed by atoms with van der Waals surface area (Å²) in [5.41, 5.74) is 4.01. The fourth-order valence-corrected chi connectivity index (χ4v) is 5.16. The van der Waals surface area contributed by atoms with Crippen LogP contribution in [0.25, 0.3) is 11.1 Å². The van der Waals surface area contributed by atoms with E-state index in [2.05, 4.69) is 16.7 Å². The number of amides is 2. The minimum Gasteiger partial charge on any atom is -0.326 e. The van der Waals surface area contributed by atoms with Crippen LogP contribution < -0.4 is 10.6 Å². The SMILES string of the molecule is Cc1ccc(-c2csc(NC(=O)C(C)Sc3cccc(NC(=O)CC(C)(C)C)c3)c2C#N)cc1. The van der Waals surface area contributed by atoms with E-state index in [-0.39, 0.29) is 17.2 Å². The van der Waals surface area contributed by atoms with Crippen molar-refractivity contribution in [2.24, 2.45) is 5.41 Å². The first-order chi connectivity index (χ1) is 16.1. The standard InChI is InChI=1S/C27H29N3O2S2/c1-17-9-11-19(12-10-17)23-16-33-26(22(23)15-28)30-25(32)18(2)34-21-8-6-7-20(13-21)29-24(31)14-27(3,4)5/h6-13,16,18H,14H2,1-5H3,(H,29,31)(H,30,32). The minimum absolute atomic E-state index is 0.0356. The van der Waals surface area contributed by atoms with Crippen molar-refractivity contribution in [2.75, 3.05) is 10.6 Å². The lowest BCUT2D eigenvalue weighted by Crippen LogP contribution is -2.22. The first kappa shape index (κ1) is 25.5. The van der Waals surface area contributed by atoms with E-state index in [4.69, 9.17) is 0 Å². The Morgan fingerprint density at radius 2 is 1.82 bits per heavy atom. The number of carbonyl (C=O) groups is 2. The molecule has 0 radical (unpaired) electrons. The molecule has 2 amide bonds. The van der Waals surface area contributed by atoms with Gasteiger partial charge in [0.2, 0.25) is 11.8 Å². The molecule has 2 aromatic carbocycles. The van der Waals surface area contributed by atoms with Gasteiger partial charge in [-0.1, -0.05) is 56.7 Å². The Balaban J connectivity index is 1.66. The van der Waals surface area contributed by atoms with Crippen LogP contribution in [0.1, 0.15) is 45.2 Å². The van der Waals surface area contributed by atoms with E-state index in [1.165, 1.54) is 23.1 Å². The molecule has 0 spiro atoms. The molecule has 0 fully saturated rings. The Morgan fingerprint density at radius 3 is 2.47 bits per heavy atom. The van der Waals surface area contributed by atoms with Gasteiger partial charge >= 0.3 is 0 Å². The maximum Gasteiger partial charge on any atom is 0.238 e. The molecular weight excluding hydrogens is 462 g/mol. The molecule has 1 atom stereocenters. The Labute approximate surface area is 209 Å². The van der Waals surface area contributed by atoms with Gasteiger partial charge in [-0.2, -0.15) is 5.26 Å². The third kappa shape index (κ3) is 6.96. The number of nitriles is 1. The lowest BCUT2D eigenvalue weighted by molar-refractivity contribution is -0.118. The monoisotopic (exact) mass is 491 g/mol. The second-order valence-electron chi connectivity index (χ2n) is 9.39. The average molecular weight is 492 g/mol. The van der Waals surface area contributed by atoms with Crippen LogP contribution >= 0.6 is 23.1 Å². The van der Waals surface area contributed by atoms with Crippen molar-refractivity contribution < 1.29 is 9.59 Å². The van der Waals surface area contributed by atoms with Gasteiger partial charge < -0.3 is 10.6 Å². The van der Waals surface area contributed by atoms with Crippen molar-refractivity contribution in [2.45, 2.75) is 51.2 Å². The molecule has 0 saturated carbocycles. The number of nitrogens with one attached hydrogen (secondary N) is 2. The highest BCUT2D eigenvalue weighted by atomic mass is 32.2. The third-order valence-electron chi connectivity index (χ3n) is 4.99. The molecule has 1 heterocycles. The number of nitrogens with zero attached hydrogens (tertiary/aromatic N) is 1. The van der Waals surface area contributed by atoms with Crippen LogP contribution in [0.5, 0.6) is 0 Å². The molecular formula is C27H29N3O2S2. The molecule has 34 heavy (non-hydrogen) atoms. The van der Waals surface area contributed by atoms with Crippen LogP contribution in [0.4, 0.5) is 10.7 Å². The summed E-state index contributed by atoms with van der Waals surface area (Å²) in [4.78, 5) is 26.0. The van der Waals surface area contributed by atoms with Crippen molar-refractivity contribution >= 4 is 45.6 Å². The predicted molar refractivity (Wildman–Crippen MR) is 142 cm³/mol. The lowest BCUT2D eigenvalue weighted by Gasteiger charge is -2.17. The zero-order chi connectivity index (χ0) is 24.9. The largest absolute Gasteiger partial charge is 0.326 e. The number of anilines is 2. The van der Waals surface area contributed by atoms with Crippen LogP contribution in [-0.2, 0) is 9.59 Å². The minimum atomic E-state index is -0.392. The number of hydrogen-bond donors (Lipinski definition) is 2. The fourth-order valence-electron chi connectivity index (χ4n) is 3.31. The second-order valence-corrected chi connectivity index (χ2v) is 11.7. The molecule has 3 rings (SSSR count). The van der Waals surface area contributed by atoms with E-state index in [9.17, 15) is 14.9 Å². The maximum atomic E-state index is 12.9. The number of hydrogen-bond acceptors (Lipinski definition) is 5. The summed E-state index contributed by atoms with van der Waals surface area (Å²) in [5, 5.41) is 17.6. The normalized spacial score (nSPS) is 12.0. The number of thioether (sulfide) groups is 1. The number of aryl methyl sites for hydroxylation is 1. The van der Waals surface area contributed by atoms with Gasteiger partial charge in [-0.05, 0) is 43.0 Å². The highest BCUT2D eigenvalue weighted by molar-refractivity contribution is 8.00. The molecule has 1 aromatic heterocycles. The quantitative estimate of drug-likeness (QED) is 0.346. The smallest absolute Gasteiger partial charge is 0.238 e. The maximum absolute atomic E-state index is 12.9. The summed E-state index contributed by atoms with van der Waals surface area (Å²) in [6.07, 6.45) is 0.426. The van der Waals surface area contributed by atoms with E-state index in [0.29, 0.717) is 22.7 Å². The number of thiophene rings is 1. The molecule has 0 aliphatic rings. The Bertz CT molecular complexity index is 1220. The van der Waals surface area contributed by atoms with Gasteiger partial charge in [0.1, 0.15) is 11.1 Å². The number of rotatable bonds is 7. The Kier molecular flexibility index (Phi) is 8.19. The zero-order valence-corrected chi connectivity index (χ0v) is 21.7. The van der Waals surface area contributed by atoms with Crippen molar-refractivity contribution in [3.8, 4) is 17.2 Å². The van der Waals surface area contributed by atoms with Crippen LogP contribution in [0.2, 0.25) is 0 Å². The zero-order valence-electron chi connectivity index (χ0n) is 20.1. The first-order valence-electron chi connectivity index (χ1n) is 11.0. The lowest BCUT2D eigenvalue weighted by atomic mass is 9.92. The highest BCUT2D eigenvalue weighted by Crippen LogP contribution is 2.36. The topological polar surface area (TPSA) is 82.0 Å². The van der Waals surface area contributed by atoms with Crippen LogP contribution in [0.15, 0.2) is 58.8 Å². The molecule has 176 valence electrons. The predicted octanol–water partition coefficient (Wildman–Crippen LogP) is 7.09.